The summed E-state index contributed by atoms with van der Waals surface area (Å²) in [5, 5.41) is 0. The Morgan fingerprint density at radius 3 is 1.94 bits per heavy atom. The van der Waals surface area contributed by atoms with Gasteiger partial charge in [0.05, 0.1) is 5.56 Å². The summed E-state index contributed by atoms with van der Waals surface area (Å²) in [6, 6.07) is 24.2. The second-order valence-electron chi connectivity index (χ2n) is 8.48. The van der Waals surface area contributed by atoms with E-state index in [0.29, 0.717) is 17.2 Å². The first-order valence-corrected chi connectivity index (χ1v) is 11.6. The summed E-state index contributed by atoms with van der Waals surface area (Å²) in [4.78, 5) is 12.5. The Labute approximate surface area is 187 Å². The average molecular weight is 415 g/mol. The van der Waals surface area contributed by atoms with Gasteiger partial charge in [-0.2, -0.15) is 0 Å². The number of hydrogen-bond acceptors (Lipinski definition) is 2. The van der Waals surface area contributed by atoms with Crippen molar-refractivity contribution in [1.82, 2.24) is 0 Å². The summed E-state index contributed by atoms with van der Waals surface area (Å²) >= 11 is 0. The maximum absolute atomic E-state index is 12.5. The van der Waals surface area contributed by atoms with Gasteiger partial charge in [-0.15, -0.1) is 0 Å². The van der Waals surface area contributed by atoms with Crippen molar-refractivity contribution in [2.24, 2.45) is 5.92 Å². The predicted molar refractivity (Wildman–Crippen MR) is 130 cm³/mol. The fraction of sp³-hybridized carbons (Fsp3) is 0.345. The van der Waals surface area contributed by atoms with Crippen molar-refractivity contribution in [2.45, 2.75) is 59.3 Å². The molecule has 0 spiro atoms. The maximum Gasteiger partial charge on any atom is 0.343 e. The SMILES string of the molecule is CCCCCc1ccc(-c2ccc(C(=O)Oc3ccc(C[C@@H](C)CC)cc3)cc2)cc1. The molecule has 3 aromatic carbocycles. The second-order valence-corrected chi connectivity index (χ2v) is 8.48. The lowest BCUT2D eigenvalue weighted by Crippen LogP contribution is -2.08. The molecular formula is C29H34O2. The number of esters is 1. The highest BCUT2D eigenvalue weighted by molar-refractivity contribution is 5.91. The van der Waals surface area contributed by atoms with Gasteiger partial charge in [0.2, 0.25) is 0 Å². The van der Waals surface area contributed by atoms with Crippen molar-refractivity contribution >= 4 is 5.97 Å². The first kappa shape index (κ1) is 22.8. The van der Waals surface area contributed by atoms with Crippen LogP contribution >= 0.6 is 0 Å². The fourth-order valence-electron chi connectivity index (χ4n) is 3.65. The van der Waals surface area contributed by atoms with E-state index in [1.54, 1.807) is 0 Å². The summed E-state index contributed by atoms with van der Waals surface area (Å²) in [5.41, 5.74) is 5.48. The number of rotatable bonds is 10. The lowest BCUT2D eigenvalue weighted by molar-refractivity contribution is 0.0734. The Morgan fingerprint density at radius 1 is 0.774 bits per heavy atom. The first-order chi connectivity index (χ1) is 15.1. The van der Waals surface area contributed by atoms with Gasteiger partial charge in [-0.1, -0.05) is 88.6 Å². The zero-order valence-corrected chi connectivity index (χ0v) is 19.1. The van der Waals surface area contributed by atoms with E-state index in [-0.39, 0.29) is 5.97 Å². The Bertz CT molecular complexity index is 938. The molecule has 0 heterocycles. The molecule has 3 rings (SSSR count). The predicted octanol–water partition coefficient (Wildman–Crippen LogP) is 7.89. The molecular weight excluding hydrogens is 380 g/mol. The third-order valence-corrected chi connectivity index (χ3v) is 5.89. The Kier molecular flexibility index (Phi) is 8.46. The van der Waals surface area contributed by atoms with Crippen LogP contribution in [0.2, 0.25) is 0 Å². The molecule has 0 aliphatic rings. The third kappa shape index (κ3) is 6.82. The van der Waals surface area contributed by atoms with Crippen LogP contribution in [0.15, 0.2) is 72.8 Å². The van der Waals surface area contributed by atoms with Gasteiger partial charge in [-0.25, -0.2) is 4.79 Å². The van der Waals surface area contributed by atoms with Crippen LogP contribution in [0.4, 0.5) is 0 Å². The van der Waals surface area contributed by atoms with E-state index in [4.69, 9.17) is 4.74 Å². The molecule has 3 aromatic rings. The number of benzene rings is 3. The van der Waals surface area contributed by atoms with Crippen LogP contribution in [0.5, 0.6) is 5.75 Å². The van der Waals surface area contributed by atoms with Crippen LogP contribution in [0.1, 0.15) is 67.9 Å². The largest absolute Gasteiger partial charge is 0.423 e. The van der Waals surface area contributed by atoms with Gasteiger partial charge in [-0.3, -0.25) is 0 Å². The molecule has 2 nitrogen and oxygen atoms in total. The number of carbonyl (C=O) groups is 1. The monoisotopic (exact) mass is 414 g/mol. The zero-order valence-electron chi connectivity index (χ0n) is 19.1. The summed E-state index contributed by atoms with van der Waals surface area (Å²) in [5.74, 6) is 0.914. The highest BCUT2D eigenvalue weighted by atomic mass is 16.5. The molecule has 0 aliphatic heterocycles. The zero-order chi connectivity index (χ0) is 22.1. The molecule has 2 heteroatoms. The molecule has 0 N–H and O–H groups in total. The lowest BCUT2D eigenvalue weighted by Gasteiger charge is -2.10. The van der Waals surface area contributed by atoms with Gasteiger partial charge in [0.1, 0.15) is 5.75 Å². The van der Waals surface area contributed by atoms with Crippen molar-refractivity contribution in [3.05, 3.63) is 89.5 Å². The molecule has 0 aliphatic carbocycles. The number of hydrogen-bond donors (Lipinski definition) is 0. The highest BCUT2D eigenvalue weighted by Gasteiger charge is 2.10. The molecule has 0 fully saturated rings. The van der Waals surface area contributed by atoms with Crippen molar-refractivity contribution < 1.29 is 9.53 Å². The van der Waals surface area contributed by atoms with Crippen LogP contribution in [0.3, 0.4) is 0 Å². The van der Waals surface area contributed by atoms with E-state index in [9.17, 15) is 4.79 Å². The van der Waals surface area contributed by atoms with Crippen LogP contribution in [0, 0.1) is 5.92 Å². The molecule has 0 unspecified atom stereocenters. The van der Waals surface area contributed by atoms with E-state index in [1.165, 1.54) is 30.4 Å². The van der Waals surface area contributed by atoms with Gasteiger partial charge in [0.15, 0.2) is 0 Å². The molecule has 0 amide bonds. The minimum Gasteiger partial charge on any atom is -0.423 e. The normalized spacial score (nSPS) is 11.8. The number of aryl methyl sites for hydroxylation is 1. The average Bonchev–Trinajstić information content (AvgIpc) is 2.81. The summed E-state index contributed by atoms with van der Waals surface area (Å²) < 4.78 is 5.56. The minimum atomic E-state index is -0.326. The van der Waals surface area contributed by atoms with E-state index < -0.39 is 0 Å². The lowest BCUT2D eigenvalue weighted by atomic mass is 9.99. The molecule has 0 aromatic heterocycles. The van der Waals surface area contributed by atoms with Crippen LogP contribution in [0.25, 0.3) is 11.1 Å². The molecule has 0 radical (unpaired) electrons. The Morgan fingerprint density at radius 2 is 1.35 bits per heavy atom. The van der Waals surface area contributed by atoms with Crippen molar-refractivity contribution in [2.75, 3.05) is 0 Å². The highest BCUT2D eigenvalue weighted by Crippen LogP contribution is 2.22. The summed E-state index contributed by atoms with van der Waals surface area (Å²) in [7, 11) is 0. The van der Waals surface area contributed by atoms with Gasteiger partial charge in [0.25, 0.3) is 0 Å². The van der Waals surface area contributed by atoms with Crippen molar-refractivity contribution in [3.8, 4) is 16.9 Å². The molecule has 0 saturated carbocycles. The molecule has 0 bridgehead atoms. The van der Waals surface area contributed by atoms with Gasteiger partial charge < -0.3 is 4.74 Å². The van der Waals surface area contributed by atoms with Crippen molar-refractivity contribution in [1.29, 1.82) is 0 Å². The van der Waals surface area contributed by atoms with Crippen LogP contribution in [-0.2, 0) is 12.8 Å². The number of unbranched alkanes of at least 4 members (excludes halogenated alkanes) is 2. The molecule has 31 heavy (non-hydrogen) atoms. The van der Waals surface area contributed by atoms with Crippen LogP contribution < -0.4 is 4.74 Å². The number of carbonyl (C=O) groups excluding carboxylic acids is 1. The topological polar surface area (TPSA) is 26.3 Å². The fourth-order valence-corrected chi connectivity index (χ4v) is 3.65. The third-order valence-electron chi connectivity index (χ3n) is 5.89. The van der Waals surface area contributed by atoms with Gasteiger partial charge in [0, 0.05) is 0 Å². The van der Waals surface area contributed by atoms with E-state index in [2.05, 4.69) is 45.0 Å². The van der Waals surface area contributed by atoms with Crippen molar-refractivity contribution in [3.63, 3.8) is 0 Å². The molecule has 1 atom stereocenters. The van der Waals surface area contributed by atoms with E-state index in [1.807, 2.05) is 48.5 Å². The minimum absolute atomic E-state index is 0.326. The van der Waals surface area contributed by atoms with Crippen LogP contribution in [-0.4, -0.2) is 5.97 Å². The standard InChI is InChI=1S/C29H34O2/c1-4-6-7-8-23-9-13-25(14-10-23)26-15-17-27(18-16-26)29(30)31-28-19-11-24(12-20-28)21-22(3)5-2/h9-20,22H,4-8,21H2,1-3H3/t22-/m0/s1. The first-order valence-electron chi connectivity index (χ1n) is 11.6. The Balaban J connectivity index is 1.58. The molecule has 0 saturated heterocycles. The molecule has 162 valence electrons. The Hall–Kier alpha value is -2.87. The van der Waals surface area contributed by atoms with Gasteiger partial charge in [-0.05, 0) is 71.7 Å². The van der Waals surface area contributed by atoms with E-state index in [0.717, 1.165) is 30.4 Å². The number of ether oxygens (including phenoxy) is 1. The van der Waals surface area contributed by atoms with Gasteiger partial charge >= 0.3 is 5.97 Å². The summed E-state index contributed by atoms with van der Waals surface area (Å²) in [6.07, 6.45) is 7.12. The summed E-state index contributed by atoms with van der Waals surface area (Å²) in [6.45, 7) is 6.68. The second kappa shape index (κ2) is 11.5. The van der Waals surface area contributed by atoms with E-state index >= 15 is 0 Å². The quantitative estimate of drug-likeness (QED) is 0.191. The maximum atomic E-state index is 12.5. The smallest absolute Gasteiger partial charge is 0.343 e.